The molecule has 3 heteroatoms. The van der Waals surface area contributed by atoms with Crippen LogP contribution in [0.5, 0.6) is 0 Å². The van der Waals surface area contributed by atoms with Gasteiger partial charge in [0.1, 0.15) is 5.84 Å². The third-order valence-corrected chi connectivity index (χ3v) is 4.57. The molecule has 1 aromatic carbocycles. The van der Waals surface area contributed by atoms with Crippen LogP contribution in [0.3, 0.4) is 0 Å². The van der Waals surface area contributed by atoms with Gasteiger partial charge in [-0.1, -0.05) is 0 Å². The first-order chi connectivity index (χ1) is 7.74. The summed E-state index contributed by atoms with van der Waals surface area (Å²) in [4.78, 5) is 5.82. The van der Waals surface area contributed by atoms with Crippen molar-refractivity contribution < 1.29 is 0 Å². The molecule has 0 bridgehead atoms. The van der Waals surface area contributed by atoms with E-state index in [0.717, 1.165) is 11.5 Å². The van der Waals surface area contributed by atoms with Crippen LogP contribution in [0.1, 0.15) is 30.9 Å². The average molecular weight is 232 g/mol. The molecule has 1 aliphatic heterocycles. The topological polar surface area (TPSA) is 38.4 Å². The highest BCUT2D eigenvalue weighted by molar-refractivity contribution is 8.00. The molecule has 0 aromatic heterocycles. The van der Waals surface area contributed by atoms with E-state index in [1.807, 2.05) is 11.8 Å². The second-order valence-corrected chi connectivity index (χ2v) is 5.98. The first-order valence-electron chi connectivity index (χ1n) is 5.90. The van der Waals surface area contributed by atoms with E-state index in [-0.39, 0.29) is 0 Å². The highest BCUT2D eigenvalue weighted by Gasteiger charge is 2.20. The van der Waals surface area contributed by atoms with Crippen molar-refractivity contribution in [3.8, 4) is 0 Å². The predicted molar refractivity (Wildman–Crippen MR) is 69.7 cm³/mol. The Morgan fingerprint density at radius 3 is 2.69 bits per heavy atom. The fourth-order valence-corrected chi connectivity index (χ4v) is 3.40. The van der Waals surface area contributed by atoms with Gasteiger partial charge >= 0.3 is 0 Å². The largest absolute Gasteiger partial charge is 0.386 e. The lowest BCUT2D eigenvalue weighted by Crippen LogP contribution is -2.25. The number of rotatable bonds is 0. The standard InChI is InChI=1S/C13H16N2S/c1-8-13(14)15-11-6-9-4-2-3-5-10(9)7-12(11)16-8/h6-8H,2-5H2,1H3,(H2,14,15). The number of hydrogen-bond acceptors (Lipinski definition) is 3. The monoisotopic (exact) mass is 232 g/mol. The Labute approximate surface area is 100 Å². The maximum Gasteiger partial charge on any atom is 0.113 e. The molecule has 16 heavy (non-hydrogen) atoms. The van der Waals surface area contributed by atoms with Crippen molar-refractivity contribution in [2.24, 2.45) is 10.7 Å². The van der Waals surface area contributed by atoms with Gasteiger partial charge in [0, 0.05) is 4.90 Å². The van der Waals surface area contributed by atoms with Crippen LogP contribution in [0.25, 0.3) is 0 Å². The van der Waals surface area contributed by atoms with Crippen molar-refractivity contribution in [2.75, 3.05) is 0 Å². The van der Waals surface area contributed by atoms with Crippen LogP contribution >= 0.6 is 11.8 Å². The normalized spacial score (nSPS) is 23.3. The van der Waals surface area contributed by atoms with Crippen LogP contribution in [-0.2, 0) is 12.8 Å². The maximum atomic E-state index is 5.90. The molecule has 0 fully saturated rings. The number of amidine groups is 1. The molecule has 1 aliphatic carbocycles. The molecule has 2 nitrogen and oxygen atoms in total. The minimum atomic E-state index is 0.314. The molecule has 2 aliphatic rings. The zero-order chi connectivity index (χ0) is 11.1. The van der Waals surface area contributed by atoms with Gasteiger partial charge in [0.25, 0.3) is 0 Å². The van der Waals surface area contributed by atoms with Crippen molar-refractivity contribution >= 4 is 23.3 Å². The quantitative estimate of drug-likeness (QED) is 0.746. The van der Waals surface area contributed by atoms with Crippen molar-refractivity contribution in [3.63, 3.8) is 0 Å². The van der Waals surface area contributed by atoms with E-state index in [1.165, 1.54) is 41.7 Å². The molecule has 1 unspecified atom stereocenters. The van der Waals surface area contributed by atoms with Crippen molar-refractivity contribution in [3.05, 3.63) is 23.3 Å². The molecular formula is C13H16N2S. The van der Waals surface area contributed by atoms with E-state index < -0.39 is 0 Å². The average Bonchev–Trinajstić information content (AvgIpc) is 2.28. The summed E-state index contributed by atoms with van der Waals surface area (Å²) in [6.07, 6.45) is 5.08. The number of thioether (sulfide) groups is 1. The zero-order valence-corrected chi connectivity index (χ0v) is 10.3. The smallest absolute Gasteiger partial charge is 0.113 e. The summed E-state index contributed by atoms with van der Waals surface area (Å²) >= 11 is 1.84. The first kappa shape index (κ1) is 10.2. The molecule has 2 N–H and O–H groups in total. The van der Waals surface area contributed by atoms with Gasteiger partial charge < -0.3 is 5.73 Å². The van der Waals surface area contributed by atoms with Gasteiger partial charge in [0.2, 0.25) is 0 Å². The number of aliphatic imine (C=N–C) groups is 1. The number of benzene rings is 1. The van der Waals surface area contributed by atoms with Gasteiger partial charge in [-0.05, 0) is 55.9 Å². The maximum absolute atomic E-state index is 5.90. The van der Waals surface area contributed by atoms with Gasteiger partial charge in [0.05, 0.1) is 10.9 Å². The number of aryl methyl sites for hydroxylation is 2. The molecule has 1 aromatic rings. The number of fused-ring (bicyclic) bond motifs is 2. The van der Waals surface area contributed by atoms with Crippen molar-refractivity contribution in [1.29, 1.82) is 0 Å². The summed E-state index contributed by atoms with van der Waals surface area (Å²) in [5, 5.41) is 0.314. The third-order valence-electron chi connectivity index (χ3n) is 3.39. The van der Waals surface area contributed by atoms with Crippen LogP contribution in [0.2, 0.25) is 0 Å². The Morgan fingerprint density at radius 2 is 1.94 bits per heavy atom. The van der Waals surface area contributed by atoms with E-state index in [4.69, 9.17) is 5.73 Å². The van der Waals surface area contributed by atoms with E-state index in [2.05, 4.69) is 24.0 Å². The molecule has 0 radical (unpaired) electrons. The highest BCUT2D eigenvalue weighted by Crippen LogP contribution is 2.40. The summed E-state index contributed by atoms with van der Waals surface area (Å²) in [6.45, 7) is 2.12. The van der Waals surface area contributed by atoms with E-state index in [0.29, 0.717) is 5.25 Å². The minimum Gasteiger partial charge on any atom is -0.386 e. The lowest BCUT2D eigenvalue weighted by molar-refractivity contribution is 0.684. The SMILES string of the molecule is CC1Sc2cc3c(cc2N=C1N)CCCC3. The number of hydrogen-bond donors (Lipinski definition) is 1. The molecule has 0 saturated heterocycles. The molecule has 3 rings (SSSR count). The summed E-state index contributed by atoms with van der Waals surface area (Å²) in [7, 11) is 0. The molecule has 0 saturated carbocycles. The van der Waals surface area contributed by atoms with E-state index in [1.54, 1.807) is 0 Å². The number of nitrogens with zero attached hydrogens (tertiary/aromatic N) is 1. The van der Waals surface area contributed by atoms with Gasteiger partial charge in [-0.2, -0.15) is 0 Å². The minimum absolute atomic E-state index is 0.314. The molecule has 84 valence electrons. The summed E-state index contributed by atoms with van der Waals surface area (Å²) < 4.78 is 0. The Hall–Kier alpha value is -0.960. The first-order valence-corrected chi connectivity index (χ1v) is 6.78. The van der Waals surface area contributed by atoms with Crippen molar-refractivity contribution in [2.45, 2.75) is 42.8 Å². The van der Waals surface area contributed by atoms with Crippen LogP contribution in [0.4, 0.5) is 5.69 Å². The predicted octanol–water partition coefficient (Wildman–Crippen LogP) is 3.05. The van der Waals surface area contributed by atoms with Gasteiger partial charge in [0.15, 0.2) is 0 Å². The second-order valence-electron chi connectivity index (χ2n) is 4.59. The lowest BCUT2D eigenvalue weighted by Gasteiger charge is -2.23. The molecule has 1 heterocycles. The Morgan fingerprint density at radius 1 is 1.25 bits per heavy atom. The fraction of sp³-hybridized carbons (Fsp3) is 0.462. The molecule has 1 atom stereocenters. The van der Waals surface area contributed by atoms with E-state index >= 15 is 0 Å². The molecule has 0 spiro atoms. The highest BCUT2D eigenvalue weighted by atomic mass is 32.2. The Balaban J connectivity index is 2.09. The number of nitrogens with two attached hydrogens (primary N) is 1. The molecule has 0 amide bonds. The second kappa shape index (κ2) is 3.81. The Bertz CT molecular complexity index is 465. The van der Waals surface area contributed by atoms with Gasteiger partial charge in [-0.3, -0.25) is 0 Å². The summed E-state index contributed by atoms with van der Waals surface area (Å²) in [5.41, 5.74) is 9.99. The van der Waals surface area contributed by atoms with Gasteiger partial charge in [-0.25, -0.2) is 4.99 Å². The zero-order valence-electron chi connectivity index (χ0n) is 9.49. The lowest BCUT2D eigenvalue weighted by atomic mass is 9.91. The van der Waals surface area contributed by atoms with Crippen LogP contribution in [0, 0.1) is 0 Å². The summed E-state index contributed by atoms with van der Waals surface area (Å²) in [5.74, 6) is 0.758. The van der Waals surface area contributed by atoms with Gasteiger partial charge in [-0.15, -0.1) is 11.8 Å². The Kier molecular flexibility index (Phi) is 2.43. The molecular weight excluding hydrogens is 216 g/mol. The third kappa shape index (κ3) is 1.63. The van der Waals surface area contributed by atoms with Crippen LogP contribution in [0.15, 0.2) is 22.0 Å². The fourth-order valence-electron chi connectivity index (χ4n) is 2.41. The van der Waals surface area contributed by atoms with Crippen molar-refractivity contribution in [1.82, 2.24) is 0 Å². The van der Waals surface area contributed by atoms with Crippen LogP contribution < -0.4 is 5.73 Å². The van der Waals surface area contributed by atoms with Crippen LogP contribution in [-0.4, -0.2) is 11.1 Å². The van der Waals surface area contributed by atoms with E-state index in [9.17, 15) is 0 Å². The summed E-state index contributed by atoms with van der Waals surface area (Å²) in [6, 6.07) is 4.58.